The van der Waals surface area contributed by atoms with Crippen molar-refractivity contribution in [1.29, 1.82) is 0 Å². The predicted octanol–water partition coefficient (Wildman–Crippen LogP) is 9.23. The first-order valence-electron chi connectivity index (χ1n) is 15.3. The largest absolute Gasteiger partial charge is 0.302 e. The van der Waals surface area contributed by atoms with Crippen LogP contribution in [-0.2, 0) is 0 Å². The highest BCUT2D eigenvalue weighted by Gasteiger charge is 2.13. The van der Waals surface area contributed by atoms with E-state index in [1.165, 1.54) is 181 Å². The van der Waals surface area contributed by atoms with Crippen LogP contribution in [0.5, 0.6) is 0 Å². The van der Waals surface area contributed by atoms with E-state index in [0.717, 1.165) is 0 Å². The summed E-state index contributed by atoms with van der Waals surface area (Å²) in [5, 5.41) is 0. The minimum absolute atomic E-state index is 1.31. The zero-order valence-corrected chi connectivity index (χ0v) is 22.7. The summed E-state index contributed by atoms with van der Waals surface area (Å²) in [6, 6.07) is 0. The average molecular weight is 451 g/mol. The Morgan fingerprint density at radius 2 is 0.781 bits per heavy atom. The second kappa shape index (κ2) is 24.1. The molecular formula is C30H62N2. The highest BCUT2D eigenvalue weighted by molar-refractivity contribution is 4.69. The molecule has 0 spiro atoms. The summed E-state index contributed by atoms with van der Waals surface area (Å²) in [5.41, 5.74) is 0. The van der Waals surface area contributed by atoms with Crippen LogP contribution in [0.1, 0.15) is 155 Å². The van der Waals surface area contributed by atoms with Crippen LogP contribution in [0.4, 0.5) is 0 Å². The molecule has 0 aromatic heterocycles. The lowest BCUT2D eigenvalue weighted by Gasteiger charge is -2.25. The quantitative estimate of drug-likeness (QED) is 0.128. The van der Waals surface area contributed by atoms with Gasteiger partial charge in [0.05, 0.1) is 0 Å². The van der Waals surface area contributed by atoms with Gasteiger partial charge in [-0.1, -0.05) is 129 Å². The third-order valence-corrected chi connectivity index (χ3v) is 7.59. The minimum atomic E-state index is 1.31. The first-order valence-corrected chi connectivity index (χ1v) is 15.3. The number of likely N-dealkylation sites (tertiary alicyclic amines) is 1. The normalized spacial score (nSPS) is 14.7. The van der Waals surface area contributed by atoms with Gasteiger partial charge in [-0.15, -0.1) is 0 Å². The molecule has 192 valence electrons. The van der Waals surface area contributed by atoms with Crippen molar-refractivity contribution in [2.24, 2.45) is 0 Å². The van der Waals surface area contributed by atoms with Gasteiger partial charge < -0.3 is 9.80 Å². The van der Waals surface area contributed by atoms with Crippen LogP contribution >= 0.6 is 0 Å². The lowest BCUT2D eigenvalue weighted by atomic mass is 10.1. The van der Waals surface area contributed by atoms with Crippen molar-refractivity contribution in [2.75, 3.05) is 39.3 Å². The molecule has 0 radical (unpaired) electrons. The maximum Gasteiger partial charge on any atom is 0.0109 e. The summed E-state index contributed by atoms with van der Waals surface area (Å²) in [5.74, 6) is 0. The molecule has 1 rings (SSSR count). The fourth-order valence-electron chi connectivity index (χ4n) is 5.27. The molecule has 2 nitrogen and oxygen atoms in total. The third-order valence-electron chi connectivity index (χ3n) is 7.59. The maximum atomic E-state index is 2.81. The maximum absolute atomic E-state index is 2.81. The van der Waals surface area contributed by atoms with Crippen LogP contribution in [-0.4, -0.2) is 49.1 Å². The average Bonchev–Trinajstić information content (AvgIpc) is 3.33. The lowest BCUT2D eigenvalue weighted by Crippen LogP contribution is -2.35. The summed E-state index contributed by atoms with van der Waals surface area (Å²) >= 11 is 0. The highest BCUT2D eigenvalue weighted by atomic mass is 15.2. The molecule has 0 bridgehead atoms. The van der Waals surface area contributed by atoms with Crippen LogP contribution < -0.4 is 0 Å². The van der Waals surface area contributed by atoms with E-state index in [9.17, 15) is 0 Å². The van der Waals surface area contributed by atoms with Crippen molar-refractivity contribution < 1.29 is 0 Å². The fraction of sp³-hybridized carbons (Fsp3) is 1.00. The molecule has 0 aromatic rings. The van der Waals surface area contributed by atoms with Crippen LogP contribution in [0.2, 0.25) is 0 Å². The molecule has 32 heavy (non-hydrogen) atoms. The molecule has 1 fully saturated rings. The zero-order chi connectivity index (χ0) is 23.0. The number of hydrogen-bond donors (Lipinski definition) is 0. The van der Waals surface area contributed by atoms with Crippen molar-refractivity contribution in [3.63, 3.8) is 0 Å². The van der Waals surface area contributed by atoms with Crippen molar-refractivity contribution in [3.8, 4) is 0 Å². The van der Waals surface area contributed by atoms with Gasteiger partial charge in [-0.2, -0.15) is 0 Å². The molecule has 2 heteroatoms. The van der Waals surface area contributed by atoms with E-state index in [4.69, 9.17) is 0 Å². The Labute approximate surface area is 204 Å². The van der Waals surface area contributed by atoms with Gasteiger partial charge in [0.2, 0.25) is 0 Å². The monoisotopic (exact) mass is 450 g/mol. The molecule has 0 saturated carbocycles. The topological polar surface area (TPSA) is 6.48 Å². The van der Waals surface area contributed by atoms with Gasteiger partial charge in [0.15, 0.2) is 0 Å². The van der Waals surface area contributed by atoms with Gasteiger partial charge in [-0.25, -0.2) is 0 Å². The SMILES string of the molecule is CCCCCCCCCCCCN(CCCCCCCCCCCC)CCN1CCCC1. The van der Waals surface area contributed by atoms with Crippen molar-refractivity contribution in [2.45, 2.75) is 155 Å². The molecule has 1 aliphatic rings. The van der Waals surface area contributed by atoms with Crippen molar-refractivity contribution in [3.05, 3.63) is 0 Å². The molecule has 0 amide bonds. The Morgan fingerprint density at radius 3 is 1.16 bits per heavy atom. The van der Waals surface area contributed by atoms with E-state index in [0.29, 0.717) is 0 Å². The Kier molecular flexibility index (Phi) is 22.5. The molecule has 1 heterocycles. The Bertz CT molecular complexity index is 327. The van der Waals surface area contributed by atoms with Crippen LogP contribution in [0.3, 0.4) is 0 Å². The van der Waals surface area contributed by atoms with Crippen LogP contribution in [0, 0.1) is 0 Å². The second-order valence-corrected chi connectivity index (χ2v) is 10.8. The third kappa shape index (κ3) is 19.4. The first-order chi connectivity index (χ1) is 15.9. The van der Waals surface area contributed by atoms with Gasteiger partial charge in [0.1, 0.15) is 0 Å². The van der Waals surface area contributed by atoms with Gasteiger partial charge in [0, 0.05) is 13.1 Å². The standard InChI is InChI=1S/C30H62N2/c1-3-5-7-9-11-13-15-17-19-21-25-31(29-30-32-27-23-24-28-32)26-22-20-18-16-14-12-10-8-6-4-2/h3-30H2,1-2H3. The Morgan fingerprint density at radius 1 is 0.438 bits per heavy atom. The lowest BCUT2D eigenvalue weighted by molar-refractivity contribution is 0.217. The molecule has 0 aromatic carbocycles. The predicted molar refractivity (Wildman–Crippen MR) is 146 cm³/mol. The summed E-state index contributed by atoms with van der Waals surface area (Å²) in [4.78, 5) is 5.51. The molecule has 0 N–H and O–H groups in total. The van der Waals surface area contributed by atoms with Crippen LogP contribution in [0.15, 0.2) is 0 Å². The Balaban J connectivity index is 2.04. The molecule has 1 aliphatic heterocycles. The summed E-state index contributed by atoms with van der Waals surface area (Å²) < 4.78 is 0. The highest BCUT2D eigenvalue weighted by Crippen LogP contribution is 2.13. The smallest absolute Gasteiger partial charge is 0.0109 e. The summed E-state index contributed by atoms with van der Waals surface area (Å²) in [6.45, 7) is 12.7. The van der Waals surface area contributed by atoms with Gasteiger partial charge in [-0.3, -0.25) is 0 Å². The number of unbranched alkanes of at least 4 members (excludes halogenated alkanes) is 18. The van der Waals surface area contributed by atoms with Crippen molar-refractivity contribution >= 4 is 0 Å². The molecule has 0 atom stereocenters. The second-order valence-electron chi connectivity index (χ2n) is 10.8. The fourth-order valence-corrected chi connectivity index (χ4v) is 5.27. The van der Waals surface area contributed by atoms with E-state index < -0.39 is 0 Å². The summed E-state index contributed by atoms with van der Waals surface area (Å²) in [7, 11) is 0. The summed E-state index contributed by atoms with van der Waals surface area (Å²) in [6.07, 6.45) is 31.8. The number of hydrogen-bond acceptors (Lipinski definition) is 2. The first kappa shape index (κ1) is 30.0. The van der Waals surface area contributed by atoms with Gasteiger partial charge in [0.25, 0.3) is 0 Å². The molecule has 0 unspecified atom stereocenters. The number of nitrogens with zero attached hydrogens (tertiary/aromatic N) is 2. The van der Waals surface area contributed by atoms with Gasteiger partial charge >= 0.3 is 0 Å². The van der Waals surface area contributed by atoms with E-state index in [1.54, 1.807) is 0 Å². The van der Waals surface area contributed by atoms with E-state index in [-0.39, 0.29) is 0 Å². The molecule has 1 saturated heterocycles. The van der Waals surface area contributed by atoms with E-state index >= 15 is 0 Å². The van der Waals surface area contributed by atoms with E-state index in [1.807, 2.05) is 0 Å². The zero-order valence-electron chi connectivity index (χ0n) is 22.7. The minimum Gasteiger partial charge on any atom is -0.302 e. The number of rotatable bonds is 25. The molecular weight excluding hydrogens is 388 g/mol. The molecule has 0 aliphatic carbocycles. The van der Waals surface area contributed by atoms with Crippen molar-refractivity contribution in [1.82, 2.24) is 9.80 Å². The van der Waals surface area contributed by atoms with Crippen LogP contribution in [0.25, 0.3) is 0 Å². The van der Waals surface area contributed by atoms with Gasteiger partial charge in [-0.05, 0) is 51.9 Å². The Hall–Kier alpha value is -0.0800. The van der Waals surface area contributed by atoms with E-state index in [2.05, 4.69) is 23.6 Å².